The maximum atomic E-state index is 13.4. The van der Waals surface area contributed by atoms with E-state index < -0.39 is 5.97 Å². The van der Waals surface area contributed by atoms with Gasteiger partial charge in [-0.3, -0.25) is 9.36 Å². The van der Waals surface area contributed by atoms with Gasteiger partial charge in [0.1, 0.15) is 0 Å². The van der Waals surface area contributed by atoms with Crippen molar-refractivity contribution in [1.82, 2.24) is 9.55 Å². The first-order valence-electron chi connectivity index (χ1n) is 11.4. The summed E-state index contributed by atoms with van der Waals surface area (Å²) in [6.45, 7) is 5.14. The molecule has 0 amide bonds. The molecule has 0 fully saturated rings. The number of rotatable bonds is 5. The Morgan fingerprint density at radius 2 is 1.86 bits per heavy atom. The van der Waals surface area contributed by atoms with E-state index in [9.17, 15) is 14.7 Å². The number of nitrogens with zero attached hydrogens (tertiary/aromatic N) is 3. The molecule has 0 aliphatic carbocycles. The predicted molar refractivity (Wildman–Crippen MR) is 138 cm³/mol. The standard InChI is InChI=1S/C27H25ClN4O3/c1-15-10-21(16(2)29-23-7-5-4-6-20(23)26(34)35)24-22(11-15)25(33)31(3)27(30-24)32-13-17-8-9-19(28)12-18(17)14-32/h4-12,16,29H,13-14H2,1-3H3,(H,34,35)/t16-/m1/s1. The predicted octanol–water partition coefficient (Wildman–Crippen LogP) is 5.29. The molecule has 1 aliphatic heterocycles. The number of anilines is 2. The summed E-state index contributed by atoms with van der Waals surface area (Å²) in [6.07, 6.45) is 0. The van der Waals surface area contributed by atoms with E-state index in [2.05, 4.69) is 10.2 Å². The molecule has 3 aromatic carbocycles. The van der Waals surface area contributed by atoms with Crippen LogP contribution in [0.2, 0.25) is 5.02 Å². The van der Waals surface area contributed by atoms with Crippen LogP contribution in [0.25, 0.3) is 10.9 Å². The molecule has 8 heteroatoms. The molecule has 0 bridgehead atoms. The highest BCUT2D eigenvalue weighted by Crippen LogP contribution is 2.32. The molecule has 7 nitrogen and oxygen atoms in total. The zero-order chi connectivity index (χ0) is 24.9. The molecule has 2 N–H and O–H groups in total. The molecular weight excluding hydrogens is 464 g/mol. The SMILES string of the molecule is Cc1cc([C@@H](C)Nc2ccccc2C(=O)O)c2nc(N3Cc4ccc(Cl)cc4C3)n(C)c(=O)c2c1. The zero-order valence-corrected chi connectivity index (χ0v) is 20.4. The van der Waals surface area contributed by atoms with E-state index in [4.69, 9.17) is 16.6 Å². The summed E-state index contributed by atoms with van der Waals surface area (Å²) in [5.74, 6) is -0.421. The molecule has 1 atom stereocenters. The van der Waals surface area contributed by atoms with Gasteiger partial charge in [-0.1, -0.05) is 35.9 Å². The third kappa shape index (κ3) is 4.12. The lowest BCUT2D eigenvalue weighted by atomic mass is 10.0. The van der Waals surface area contributed by atoms with Crippen LogP contribution in [0.1, 0.15) is 45.6 Å². The molecule has 4 aromatic rings. The van der Waals surface area contributed by atoms with Gasteiger partial charge in [-0.15, -0.1) is 0 Å². The smallest absolute Gasteiger partial charge is 0.337 e. The molecule has 1 aliphatic rings. The first-order valence-corrected chi connectivity index (χ1v) is 11.7. The average Bonchev–Trinajstić information content (AvgIpc) is 3.24. The lowest BCUT2D eigenvalue weighted by Crippen LogP contribution is -2.28. The molecule has 0 saturated carbocycles. The normalized spacial score (nSPS) is 13.7. The van der Waals surface area contributed by atoms with Crippen LogP contribution in [0.4, 0.5) is 11.6 Å². The number of aryl methyl sites for hydroxylation is 1. The van der Waals surface area contributed by atoms with Crippen LogP contribution in [0.15, 0.2) is 59.4 Å². The highest BCUT2D eigenvalue weighted by Gasteiger charge is 2.25. The van der Waals surface area contributed by atoms with Crippen molar-refractivity contribution in [2.45, 2.75) is 33.0 Å². The molecule has 0 unspecified atom stereocenters. The molecule has 178 valence electrons. The Labute approximate surface area is 207 Å². The van der Waals surface area contributed by atoms with Crippen LogP contribution in [0.3, 0.4) is 0 Å². The lowest BCUT2D eigenvalue weighted by molar-refractivity contribution is 0.0698. The van der Waals surface area contributed by atoms with E-state index in [1.165, 1.54) is 0 Å². The number of fused-ring (bicyclic) bond motifs is 2. The molecule has 1 aromatic heterocycles. The van der Waals surface area contributed by atoms with Gasteiger partial charge in [0.05, 0.1) is 22.5 Å². The maximum Gasteiger partial charge on any atom is 0.337 e. The number of carbonyl (C=O) groups is 1. The minimum Gasteiger partial charge on any atom is -0.478 e. The monoisotopic (exact) mass is 488 g/mol. The van der Waals surface area contributed by atoms with Crippen LogP contribution in [-0.2, 0) is 20.1 Å². The number of benzene rings is 3. The second-order valence-corrected chi connectivity index (χ2v) is 9.45. The summed E-state index contributed by atoms with van der Waals surface area (Å²) in [5, 5.41) is 14.1. The molecule has 0 spiro atoms. The molecule has 35 heavy (non-hydrogen) atoms. The van der Waals surface area contributed by atoms with E-state index in [-0.39, 0.29) is 17.2 Å². The third-order valence-electron chi connectivity index (χ3n) is 6.50. The number of halogens is 1. The number of carboxylic acids is 1. The number of para-hydroxylation sites is 1. The van der Waals surface area contributed by atoms with Crippen molar-refractivity contribution >= 4 is 40.1 Å². The zero-order valence-electron chi connectivity index (χ0n) is 19.7. The lowest BCUT2D eigenvalue weighted by Gasteiger charge is -2.23. The topological polar surface area (TPSA) is 87.5 Å². The molecule has 0 radical (unpaired) electrons. The summed E-state index contributed by atoms with van der Waals surface area (Å²) in [5.41, 5.74) is 5.23. The number of hydrogen-bond donors (Lipinski definition) is 2. The maximum absolute atomic E-state index is 13.4. The Morgan fingerprint density at radius 1 is 1.11 bits per heavy atom. The Morgan fingerprint density at radius 3 is 2.63 bits per heavy atom. The Hall–Kier alpha value is -3.84. The fraction of sp³-hybridized carbons (Fsp3) is 0.222. The number of nitrogens with one attached hydrogen (secondary N) is 1. The van der Waals surface area contributed by atoms with Crippen molar-refractivity contribution < 1.29 is 9.90 Å². The number of aromatic carboxylic acids is 1. The summed E-state index contributed by atoms with van der Waals surface area (Å²) in [6, 6.07) is 16.2. The van der Waals surface area contributed by atoms with Gasteiger partial charge in [0, 0.05) is 36.4 Å². The second kappa shape index (κ2) is 8.74. The van der Waals surface area contributed by atoms with Gasteiger partial charge in [-0.2, -0.15) is 0 Å². The number of carboxylic acid groups (broad SMARTS) is 1. The number of hydrogen-bond acceptors (Lipinski definition) is 5. The van der Waals surface area contributed by atoms with Gasteiger partial charge in [0.2, 0.25) is 5.95 Å². The van der Waals surface area contributed by atoms with Crippen molar-refractivity contribution in [3.63, 3.8) is 0 Å². The van der Waals surface area contributed by atoms with E-state index in [0.717, 1.165) is 22.3 Å². The fourth-order valence-electron chi connectivity index (χ4n) is 4.77. The van der Waals surface area contributed by atoms with Crippen LogP contribution in [0.5, 0.6) is 0 Å². The second-order valence-electron chi connectivity index (χ2n) is 9.01. The van der Waals surface area contributed by atoms with E-state index >= 15 is 0 Å². The van der Waals surface area contributed by atoms with Crippen molar-refractivity contribution in [2.75, 3.05) is 10.2 Å². The largest absolute Gasteiger partial charge is 0.478 e. The average molecular weight is 489 g/mol. The minimum atomic E-state index is -1.00. The molecular formula is C27H25ClN4O3. The fourth-order valence-corrected chi connectivity index (χ4v) is 4.96. The minimum absolute atomic E-state index is 0.123. The van der Waals surface area contributed by atoms with E-state index in [0.29, 0.717) is 40.7 Å². The molecule has 2 heterocycles. The van der Waals surface area contributed by atoms with Gasteiger partial charge >= 0.3 is 5.97 Å². The van der Waals surface area contributed by atoms with Gasteiger partial charge in [-0.05, 0) is 60.9 Å². The van der Waals surface area contributed by atoms with E-state index in [1.54, 1.807) is 35.9 Å². The highest BCUT2D eigenvalue weighted by atomic mass is 35.5. The van der Waals surface area contributed by atoms with Gasteiger partial charge in [0.25, 0.3) is 5.56 Å². The molecule has 5 rings (SSSR count). The summed E-state index contributed by atoms with van der Waals surface area (Å²) < 4.78 is 1.59. The highest BCUT2D eigenvalue weighted by molar-refractivity contribution is 6.30. The van der Waals surface area contributed by atoms with Crippen LogP contribution in [0, 0.1) is 6.92 Å². The van der Waals surface area contributed by atoms with Gasteiger partial charge in [0.15, 0.2) is 0 Å². The third-order valence-corrected chi connectivity index (χ3v) is 6.74. The first kappa shape index (κ1) is 22.9. The Kier molecular flexibility index (Phi) is 5.73. The Bertz CT molecular complexity index is 1550. The summed E-state index contributed by atoms with van der Waals surface area (Å²) >= 11 is 6.19. The van der Waals surface area contributed by atoms with Crippen molar-refractivity contribution in [2.24, 2.45) is 7.05 Å². The van der Waals surface area contributed by atoms with E-state index in [1.807, 2.05) is 44.2 Å². The van der Waals surface area contributed by atoms with Crippen molar-refractivity contribution in [1.29, 1.82) is 0 Å². The molecule has 0 saturated heterocycles. The van der Waals surface area contributed by atoms with Crippen molar-refractivity contribution in [3.8, 4) is 0 Å². The van der Waals surface area contributed by atoms with Gasteiger partial charge < -0.3 is 15.3 Å². The summed E-state index contributed by atoms with van der Waals surface area (Å²) in [4.78, 5) is 32.2. The van der Waals surface area contributed by atoms with Crippen LogP contribution < -0.4 is 15.8 Å². The number of aromatic nitrogens is 2. The Balaban J connectivity index is 1.60. The van der Waals surface area contributed by atoms with Crippen LogP contribution >= 0.6 is 11.6 Å². The van der Waals surface area contributed by atoms with Crippen LogP contribution in [-0.4, -0.2) is 20.6 Å². The van der Waals surface area contributed by atoms with Gasteiger partial charge in [-0.25, -0.2) is 9.78 Å². The quantitative estimate of drug-likeness (QED) is 0.397. The summed E-state index contributed by atoms with van der Waals surface area (Å²) in [7, 11) is 1.74. The first-order chi connectivity index (χ1) is 16.7. The van der Waals surface area contributed by atoms with Crippen molar-refractivity contribution in [3.05, 3.63) is 97.8 Å².